The number of carbonyl (C=O) groups excluding carboxylic acids is 2. The molecule has 112 valence electrons. The standard InChI is InChI=1S/C14H20N2O3.ClH/c1-8(2)12(15)13(17)16-11-7-10(14(18)19-4)6-5-9(11)3;/h5-8,12H,15H2,1-4H3,(H,16,17);1H. The first-order valence-corrected chi connectivity index (χ1v) is 6.12. The molecule has 1 rings (SSSR count). The number of methoxy groups -OCH3 is 1. The van der Waals surface area contributed by atoms with E-state index in [1.165, 1.54) is 7.11 Å². The summed E-state index contributed by atoms with van der Waals surface area (Å²) in [4.78, 5) is 23.3. The number of nitrogens with one attached hydrogen (secondary N) is 1. The van der Waals surface area contributed by atoms with Crippen LogP contribution in [-0.2, 0) is 9.53 Å². The molecule has 1 atom stereocenters. The molecule has 0 bridgehead atoms. The lowest BCUT2D eigenvalue weighted by atomic mass is 10.0. The van der Waals surface area contributed by atoms with Gasteiger partial charge in [0.2, 0.25) is 5.91 Å². The van der Waals surface area contributed by atoms with E-state index in [0.29, 0.717) is 11.3 Å². The van der Waals surface area contributed by atoms with E-state index in [1.54, 1.807) is 18.2 Å². The first kappa shape index (κ1) is 18.4. The summed E-state index contributed by atoms with van der Waals surface area (Å²) in [6.45, 7) is 5.60. The van der Waals surface area contributed by atoms with Gasteiger partial charge in [-0.15, -0.1) is 12.4 Å². The average Bonchev–Trinajstić information content (AvgIpc) is 2.39. The fourth-order valence-electron chi connectivity index (χ4n) is 1.52. The van der Waals surface area contributed by atoms with E-state index in [1.807, 2.05) is 20.8 Å². The van der Waals surface area contributed by atoms with E-state index in [4.69, 9.17) is 5.73 Å². The predicted octanol–water partition coefficient (Wildman–Crippen LogP) is 2.13. The lowest BCUT2D eigenvalue weighted by Gasteiger charge is -2.16. The lowest BCUT2D eigenvalue weighted by Crippen LogP contribution is -2.39. The Balaban J connectivity index is 0.00000361. The van der Waals surface area contributed by atoms with E-state index in [-0.39, 0.29) is 24.2 Å². The van der Waals surface area contributed by atoms with Crippen LogP contribution < -0.4 is 11.1 Å². The normalized spacial score (nSPS) is 11.5. The number of hydrogen-bond donors (Lipinski definition) is 2. The van der Waals surface area contributed by atoms with Crippen LogP contribution in [0.15, 0.2) is 18.2 Å². The Kier molecular flexibility index (Phi) is 7.24. The number of amides is 1. The molecule has 5 nitrogen and oxygen atoms in total. The van der Waals surface area contributed by atoms with E-state index in [0.717, 1.165) is 5.56 Å². The van der Waals surface area contributed by atoms with Crippen molar-refractivity contribution in [3.8, 4) is 0 Å². The van der Waals surface area contributed by atoms with Gasteiger partial charge < -0.3 is 15.8 Å². The average molecular weight is 301 g/mol. The van der Waals surface area contributed by atoms with Gasteiger partial charge in [-0.2, -0.15) is 0 Å². The van der Waals surface area contributed by atoms with E-state index in [2.05, 4.69) is 10.1 Å². The fraction of sp³-hybridized carbons (Fsp3) is 0.429. The Morgan fingerprint density at radius 2 is 1.90 bits per heavy atom. The summed E-state index contributed by atoms with van der Waals surface area (Å²) in [5, 5.41) is 2.74. The molecule has 1 unspecified atom stereocenters. The summed E-state index contributed by atoms with van der Waals surface area (Å²) in [6, 6.07) is 4.41. The first-order chi connectivity index (χ1) is 8.86. The minimum Gasteiger partial charge on any atom is -0.465 e. The molecule has 0 spiro atoms. The minimum atomic E-state index is -0.582. The van der Waals surface area contributed by atoms with Crippen molar-refractivity contribution in [3.63, 3.8) is 0 Å². The molecule has 20 heavy (non-hydrogen) atoms. The van der Waals surface area contributed by atoms with Crippen molar-refractivity contribution in [1.82, 2.24) is 0 Å². The predicted molar refractivity (Wildman–Crippen MR) is 81.2 cm³/mol. The third-order valence-corrected chi connectivity index (χ3v) is 2.94. The van der Waals surface area contributed by atoms with Crippen molar-refractivity contribution in [3.05, 3.63) is 29.3 Å². The second kappa shape index (κ2) is 7.87. The summed E-state index contributed by atoms with van der Waals surface area (Å²) >= 11 is 0. The Morgan fingerprint density at radius 3 is 2.40 bits per heavy atom. The van der Waals surface area contributed by atoms with Crippen LogP contribution in [0, 0.1) is 12.8 Å². The quantitative estimate of drug-likeness (QED) is 0.835. The summed E-state index contributed by atoms with van der Waals surface area (Å²) in [5.41, 5.74) is 7.60. The second-order valence-electron chi connectivity index (χ2n) is 4.78. The van der Waals surface area contributed by atoms with Crippen LogP contribution in [0.3, 0.4) is 0 Å². The third kappa shape index (κ3) is 4.51. The maximum atomic E-state index is 11.9. The maximum Gasteiger partial charge on any atom is 0.337 e. The number of anilines is 1. The number of halogens is 1. The number of benzene rings is 1. The number of ether oxygens (including phenoxy) is 1. The molecule has 0 saturated carbocycles. The maximum absolute atomic E-state index is 11.9. The van der Waals surface area contributed by atoms with Gasteiger partial charge in [0.15, 0.2) is 0 Å². The van der Waals surface area contributed by atoms with Gasteiger partial charge in [-0.3, -0.25) is 4.79 Å². The van der Waals surface area contributed by atoms with Crippen molar-refractivity contribution >= 4 is 30.0 Å². The van der Waals surface area contributed by atoms with Crippen LogP contribution in [0.5, 0.6) is 0 Å². The molecule has 3 N–H and O–H groups in total. The van der Waals surface area contributed by atoms with Crippen LogP contribution in [0.1, 0.15) is 29.8 Å². The molecular formula is C14H21ClN2O3. The highest BCUT2D eigenvalue weighted by Crippen LogP contribution is 2.18. The zero-order valence-electron chi connectivity index (χ0n) is 12.1. The van der Waals surface area contributed by atoms with Gasteiger partial charge in [0, 0.05) is 5.69 Å². The Morgan fingerprint density at radius 1 is 1.30 bits per heavy atom. The summed E-state index contributed by atoms with van der Waals surface area (Å²) in [6.07, 6.45) is 0. The fourth-order valence-corrected chi connectivity index (χ4v) is 1.52. The molecule has 1 amide bonds. The van der Waals surface area contributed by atoms with Crippen molar-refractivity contribution in [2.75, 3.05) is 12.4 Å². The summed E-state index contributed by atoms with van der Waals surface area (Å²) in [7, 11) is 1.31. The van der Waals surface area contributed by atoms with E-state index >= 15 is 0 Å². The van der Waals surface area contributed by atoms with Gasteiger partial charge in [0.25, 0.3) is 0 Å². The van der Waals surface area contributed by atoms with Gasteiger partial charge in [0.05, 0.1) is 18.7 Å². The summed E-state index contributed by atoms with van der Waals surface area (Å²) < 4.78 is 4.65. The van der Waals surface area contributed by atoms with Crippen LogP contribution in [0.4, 0.5) is 5.69 Å². The van der Waals surface area contributed by atoms with Crippen molar-refractivity contribution in [2.45, 2.75) is 26.8 Å². The monoisotopic (exact) mass is 300 g/mol. The van der Waals surface area contributed by atoms with E-state index < -0.39 is 12.0 Å². The molecule has 0 fully saturated rings. The van der Waals surface area contributed by atoms with Crippen LogP contribution in [0.25, 0.3) is 0 Å². The highest BCUT2D eigenvalue weighted by molar-refractivity contribution is 5.97. The van der Waals surface area contributed by atoms with Gasteiger partial charge in [0.1, 0.15) is 0 Å². The highest BCUT2D eigenvalue weighted by Gasteiger charge is 2.18. The molecule has 0 aliphatic rings. The largest absolute Gasteiger partial charge is 0.465 e. The number of nitrogens with two attached hydrogens (primary N) is 1. The van der Waals surface area contributed by atoms with Crippen molar-refractivity contribution in [2.24, 2.45) is 11.7 Å². The summed E-state index contributed by atoms with van der Waals surface area (Å²) in [5.74, 6) is -0.659. The Labute approximate surface area is 125 Å². The molecule has 0 heterocycles. The second-order valence-corrected chi connectivity index (χ2v) is 4.78. The van der Waals surface area contributed by atoms with Gasteiger partial charge in [-0.1, -0.05) is 19.9 Å². The van der Waals surface area contributed by atoms with Gasteiger partial charge >= 0.3 is 5.97 Å². The smallest absolute Gasteiger partial charge is 0.337 e. The topological polar surface area (TPSA) is 81.4 Å². The number of aryl methyl sites for hydroxylation is 1. The first-order valence-electron chi connectivity index (χ1n) is 6.12. The SMILES string of the molecule is COC(=O)c1ccc(C)c(NC(=O)C(N)C(C)C)c1.Cl. The zero-order chi connectivity index (χ0) is 14.6. The molecule has 0 radical (unpaired) electrons. The van der Waals surface area contributed by atoms with Crippen LogP contribution in [0.2, 0.25) is 0 Å². The number of hydrogen-bond acceptors (Lipinski definition) is 4. The molecule has 1 aromatic rings. The van der Waals surface area contributed by atoms with Crippen LogP contribution in [-0.4, -0.2) is 25.0 Å². The Hall–Kier alpha value is -1.59. The number of carbonyl (C=O) groups is 2. The number of esters is 1. The molecular weight excluding hydrogens is 280 g/mol. The molecule has 1 aromatic carbocycles. The van der Waals surface area contributed by atoms with E-state index in [9.17, 15) is 9.59 Å². The van der Waals surface area contributed by atoms with Gasteiger partial charge in [-0.25, -0.2) is 4.79 Å². The molecule has 0 aliphatic carbocycles. The molecule has 0 saturated heterocycles. The zero-order valence-corrected chi connectivity index (χ0v) is 12.9. The molecule has 6 heteroatoms. The minimum absolute atomic E-state index is 0. The highest BCUT2D eigenvalue weighted by atomic mass is 35.5. The lowest BCUT2D eigenvalue weighted by molar-refractivity contribution is -0.118. The Bertz CT molecular complexity index is 489. The molecule has 0 aromatic heterocycles. The van der Waals surface area contributed by atoms with Crippen LogP contribution >= 0.6 is 12.4 Å². The molecule has 0 aliphatic heterocycles. The third-order valence-electron chi connectivity index (χ3n) is 2.94. The van der Waals surface area contributed by atoms with Crippen molar-refractivity contribution in [1.29, 1.82) is 0 Å². The van der Waals surface area contributed by atoms with Crippen molar-refractivity contribution < 1.29 is 14.3 Å². The number of rotatable bonds is 4. The van der Waals surface area contributed by atoms with Gasteiger partial charge in [-0.05, 0) is 30.5 Å².